The molecule has 4 nitrogen and oxygen atoms in total. The van der Waals surface area contributed by atoms with E-state index in [1.807, 2.05) is 4.90 Å². The molecule has 1 amide bonds. The first-order valence-corrected chi connectivity index (χ1v) is 7.17. The number of aliphatic carboxylic acids is 1. The maximum atomic E-state index is 12.3. The van der Waals surface area contributed by atoms with Crippen LogP contribution in [-0.4, -0.2) is 35.0 Å². The number of carboxylic acids is 1. The molecule has 1 heterocycles. The van der Waals surface area contributed by atoms with Gasteiger partial charge in [-0.1, -0.05) is 0 Å². The quantitative estimate of drug-likeness (QED) is 0.839. The Kier molecular flexibility index (Phi) is 4.61. The summed E-state index contributed by atoms with van der Waals surface area (Å²) >= 11 is 0. The molecule has 0 aromatic carbocycles. The minimum absolute atomic E-state index is 0.160. The van der Waals surface area contributed by atoms with Crippen LogP contribution in [0.25, 0.3) is 0 Å². The van der Waals surface area contributed by atoms with Crippen molar-refractivity contribution in [1.82, 2.24) is 4.90 Å². The van der Waals surface area contributed by atoms with Crippen LogP contribution in [0.1, 0.15) is 51.4 Å². The lowest BCUT2D eigenvalue weighted by Crippen LogP contribution is -2.40. The van der Waals surface area contributed by atoms with Crippen LogP contribution in [0.15, 0.2) is 0 Å². The van der Waals surface area contributed by atoms with Gasteiger partial charge in [-0.15, -0.1) is 0 Å². The third kappa shape index (κ3) is 3.47. The number of rotatable bonds is 3. The van der Waals surface area contributed by atoms with E-state index in [-0.39, 0.29) is 18.3 Å². The van der Waals surface area contributed by atoms with Crippen LogP contribution in [-0.2, 0) is 9.59 Å². The highest BCUT2D eigenvalue weighted by atomic mass is 16.4. The molecule has 18 heavy (non-hydrogen) atoms. The Morgan fingerprint density at radius 2 is 1.61 bits per heavy atom. The lowest BCUT2D eigenvalue weighted by Gasteiger charge is -2.33. The van der Waals surface area contributed by atoms with Crippen LogP contribution < -0.4 is 0 Å². The van der Waals surface area contributed by atoms with Crippen LogP contribution in [0.3, 0.4) is 0 Å². The maximum Gasteiger partial charge on any atom is 0.303 e. The summed E-state index contributed by atoms with van der Waals surface area (Å²) in [7, 11) is 0. The molecule has 0 spiro atoms. The molecular weight excluding hydrogens is 230 g/mol. The molecule has 0 aromatic rings. The highest BCUT2D eigenvalue weighted by molar-refractivity contribution is 5.79. The molecule has 2 fully saturated rings. The molecule has 1 saturated heterocycles. The number of carbonyl (C=O) groups excluding carboxylic acids is 1. The number of hydrogen-bond acceptors (Lipinski definition) is 2. The minimum atomic E-state index is -0.708. The second-order valence-corrected chi connectivity index (χ2v) is 5.70. The van der Waals surface area contributed by atoms with Crippen molar-refractivity contribution in [2.75, 3.05) is 13.1 Å². The van der Waals surface area contributed by atoms with E-state index in [1.54, 1.807) is 0 Å². The van der Waals surface area contributed by atoms with Crippen LogP contribution >= 0.6 is 0 Å². The van der Waals surface area contributed by atoms with Crippen LogP contribution in [0.5, 0.6) is 0 Å². The van der Waals surface area contributed by atoms with Gasteiger partial charge in [-0.25, -0.2) is 0 Å². The first kappa shape index (κ1) is 13.4. The van der Waals surface area contributed by atoms with Gasteiger partial charge in [0, 0.05) is 25.4 Å². The van der Waals surface area contributed by atoms with Gasteiger partial charge < -0.3 is 10.0 Å². The van der Waals surface area contributed by atoms with E-state index < -0.39 is 5.97 Å². The number of piperidine rings is 1. The zero-order valence-corrected chi connectivity index (χ0v) is 10.9. The normalized spacial score (nSPS) is 29.0. The monoisotopic (exact) mass is 253 g/mol. The van der Waals surface area contributed by atoms with Crippen molar-refractivity contribution in [1.29, 1.82) is 0 Å². The van der Waals surface area contributed by atoms with E-state index in [2.05, 4.69) is 0 Å². The SMILES string of the molecule is O=C(O)CC1CCC(C(=O)N2CCCCC2)CC1. The van der Waals surface area contributed by atoms with Gasteiger partial charge in [0.15, 0.2) is 0 Å². The van der Waals surface area contributed by atoms with Gasteiger partial charge in [0.25, 0.3) is 0 Å². The number of nitrogens with zero attached hydrogens (tertiary/aromatic N) is 1. The van der Waals surface area contributed by atoms with E-state index in [1.165, 1.54) is 6.42 Å². The Morgan fingerprint density at radius 3 is 2.17 bits per heavy atom. The molecular formula is C14H23NO3. The summed E-state index contributed by atoms with van der Waals surface area (Å²) in [5.41, 5.74) is 0. The molecule has 1 aliphatic carbocycles. The van der Waals surface area contributed by atoms with Crippen molar-refractivity contribution in [2.45, 2.75) is 51.4 Å². The Bertz CT molecular complexity index is 302. The average Bonchev–Trinajstić information content (AvgIpc) is 2.39. The average molecular weight is 253 g/mol. The third-order valence-corrected chi connectivity index (χ3v) is 4.33. The molecule has 2 rings (SSSR count). The fraction of sp³-hybridized carbons (Fsp3) is 0.857. The zero-order chi connectivity index (χ0) is 13.0. The molecule has 0 bridgehead atoms. The molecule has 102 valence electrons. The second-order valence-electron chi connectivity index (χ2n) is 5.70. The summed E-state index contributed by atoms with van der Waals surface area (Å²) in [4.78, 5) is 25.0. The predicted octanol–water partition coefficient (Wildman–Crippen LogP) is 2.28. The van der Waals surface area contributed by atoms with Crippen LogP contribution in [0.4, 0.5) is 0 Å². The fourth-order valence-electron chi connectivity index (χ4n) is 3.23. The molecule has 1 aliphatic heterocycles. The van der Waals surface area contributed by atoms with Gasteiger partial charge in [0.2, 0.25) is 5.91 Å². The largest absolute Gasteiger partial charge is 0.481 e. The van der Waals surface area contributed by atoms with Gasteiger partial charge in [0.05, 0.1) is 0 Å². The number of likely N-dealkylation sites (tertiary alicyclic amines) is 1. The van der Waals surface area contributed by atoms with E-state index in [0.29, 0.717) is 5.91 Å². The van der Waals surface area contributed by atoms with Gasteiger partial charge in [-0.2, -0.15) is 0 Å². The van der Waals surface area contributed by atoms with E-state index in [0.717, 1.165) is 51.6 Å². The van der Waals surface area contributed by atoms with E-state index in [9.17, 15) is 9.59 Å². The summed E-state index contributed by atoms with van der Waals surface area (Å²) < 4.78 is 0. The second kappa shape index (κ2) is 6.21. The Hall–Kier alpha value is -1.06. The lowest BCUT2D eigenvalue weighted by atomic mass is 9.80. The first-order chi connectivity index (χ1) is 8.66. The van der Waals surface area contributed by atoms with Crippen molar-refractivity contribution in [3.05, 3.63) is 0 Å². The topological polar surface area (TPSA) is 57.6 Å². The first-order valence-electron chi connectivity index (χ1n) is 7.17. The molecule has 1 N–H and O–H groups in total. The fourth-order valence-corrected chi connectivity index (χ4v) is 3.23. The molecule has 4 heteroatoms. The molecule has 1 saturated carbocycles. The van der Waals surface area contributed by atoms with E-state index >= 15 is 0 Å². The Morgan fingerprint density at radius 1 is 1.00 bits per heavy atom. The summed E-state index contributed by atoms with van der Waals surface area (Å²) in [6.45, 7) is 1.85. The number of hydrogen-bond donors (Lipinski definition) is 1. The summed E-state index contributed by atoms with van der Waals surface area (Å²) in [5.74, 6) is 0.0605. The Balaban J connectivity index is 1.78. The van der Waals surface area contributed by atoms with Crippen LogP contribution in [0.2, 0.25) is 0 Å². The molecule has 0 radical (unpaired) electrons. The van der Waals surface area contributed by atoms with E-state index in [4.69, 9.17) is 5.11 Å². The van der Waals surface area contributed by atoms with Crippen molar-refractivity contribution in [2.24, 2.45) is 11.8 Å². The smallest absolute Gasteiger partial charge is 0.303 e. The van der Waals surface area contributed by atoms with Gasteiger partial charge in [0.1, 0.15) is 0 Å². The van der Waals surface area contributed by atoms with Crippen molar-refractivity contribution in [3.8, 4) is 0 Å². The maximum absolute atomic E-state index is 12.3. The highest BCUT2D eigenvalue weighted by Gasteiger charge is 2.30. The van der Waals surface area contributed by atoms with Crippen LogP contribution in [0, 0.1) is 11.8 Å². The Labute approximate surface area is 108 Å². The van der Waals surface area contributed by atoms with Gasteiger partial charge in [-0.3, -0.25) is 9.59 Å². The van der Waals surface area contributed by atoms with Crippen molar-refractivity contribution in [3.63, 3.8) is 0 Å². The molecule has 0 aromatic heterocycles. The molecule has 0 atom stereocenters. The summed E-state index contributed by atoms with van der Waals surface area (Å²) in [5, 5.41) is 8.77. The van der Waals surface area contributed by atoms with Crippen molar-refractivity contribution >= 4 is 11.9 Å². The minimum Gasteiger partial charge on any atom is -0.481 e. The highest BCUT2D eigenvalue weighted by Crippen LogP contribution is 2.32. The van der Waals surface area contributed by atoms with Gasteiger partial charge >= 0.3 is 5.97 Å². The predicted molar refractivity (Wildman–Crippen MR) is 68.1 cm³/mol. The summed E-state index contributed by atoms with van der Waals surface area (Å²) in [6, 6.07) is 0. The number of amides is 1. The zero-order valence-electron chi connectivity index (χ0n) is 10.9. The number of carbonyl (C=O) groups is 2. The molecule has 0 unspecified atom stereocenters. The molecule has 2 aliphatic rings. The summed E-state index contributed by atoms with van der Waals surface area (Å²) in [6.07, 6.45) is 7.35. The standard InChI is InChI=1S/C14H23NO3/c16-13(17)10-11-4-6-12(7-5-11)14(18)15-8-2-1-3-9-15/h11-12H,1-10H2,(H,16,17). The third-order valence-electron chi connectivity index (χ3n) is 4.33. The number of carboxylic acid groups (broad SMARTS) is 1. The lowest BCUT2D eigenvalue weighted by molar-refractivity contribution is -0.139. The van der Waals surface area contributed by atoms with Gasteiger partial charge in [-0.05, 0) is 50.9 Å². The van der Waals surface area contributed by atoms with Crippen molar-refractivity contribution < 1.29 is 14.7 Å².